The fourth-order valence-corrected chi connectivity index (χ4v) is 4.28. The lowest BCUT2D eigenvalue weighted by molar-refractivity contribution is -0.176. The quantitative estimate of drug-likeness (QED) is 0.152. The highest BCUT2D eigenvalue weighted by molar-refractivity contribution is 5.75. The molecule has 0 bridgehead atoms. The smallest absolute Gasteiger partial charge is 0.323 e. The minimum atomic E-state index is -1.91. The van der Waals surface area contributed by atoms with Crippen LogP contribution in [0.25, 0.3) is 5.52 Å². The first-order chi connectivity index (χ1) is 20.0. The maximum absolute atomic E-state index is 12.9. The molecule has 4 rings (SSSR count). The lowest BCUT2D eigenvalue weighted by atomic mass is 9.95. The van der Waals surface area contributed by atoms with E-state index >= 15 is 0 Å². The summed E-state index contributed by atoms with van der Waals surface area (Å²) in [5.41, 5.74) is 4.95. The first-order valence-electron chi connectivity index (χ1n) is 13.6. The summed E-state index contributed by atoms with van der Waals surface area (Å²) < 4.78 is 35.5. The Labute approximate surface area is 242 Å². The number of nitrogens with two attached hydrogens (primary N) is 1. The number of carbonyl (C=O) groups is 3. The Hall–Kier alpha value is -3.84. The minimum absolute atomic E-state index is 0.173. The van der Waals surface area contributed by atoms with E-state index in [-0.39, 0.29) is 18.7 Å². The van der Waals surface area contributed by atoms with Gasteiger partial charge >= 0.3 is 17.9 Å². The van der Waals surface area contributed by atoms with Crippen molar-refractivity contribution in [3.63, 3.8) is 0 Å². The summed E-state index contributed by atoms with van der Waals surface area (Å²) in [7, 11) is 0. The molecule has 0 amide bonds. The Balaban J connectivity index is 1.61. The summed E-state index contributed by atoms with van der Waals surface area (Å²) in [6, 6.07) is 4.69. The summed E-state index contributed by atoms with van der Waals surface area (Å²) in [6.07, 6.45) is -2.75. The van der Waals surface area contributed by atoms with Crippen molar-refractivity contribution >= 4 is 29.2 Å². The number of anilines is 1. The van der Waals surface area contributed by atoms with E-state index in [0.717, 1.165) is 0 Å². The molecule has 0 aliphatic carbocycles. The van der Waals surface area contributed by atoms with E-state index in [0.29, 0.717) is 24.4 Å². The van der Waals surface area contributed by atoms with Crippen LogP contribution in [-0.2, 0) is 42.8 Å². The molecule has 42 heavy (non-hydrogen) atoms. The number of hydrogen-bond acceptors (Lipinski definition) is 14. The van der Waals surface area contributed by atoms with Crippen molar-refractivity contribution in [2.45, 2.75) is 70.7 Å². The lowest BCUT2D eigenvalue weighted by Gasteiger charge is -2.30. The SMILES string of the molecule is CC(C)C(=O)O[C@H]1[C@H](c2ccc3c(N)ncnn23)O[C@](C#N)(COCN[C@@H](C)C(=O)OC2COC2)[C@H]1OC(=O)C(C)C. The maximum atomic E-state index is 12.9. The van der Waals surface area contributed by atoms with E-state index in [1.165, 1.54) is 10.8 Å². The van der Waals surface area contributed by atoms with Gasteiger partial charge in [0, 0.05) is 0 Å². The number of nitrogen functional groups attached to an aromatic ring is 1. The average molecular weight is 589 g/mol. The number of nitrogens with one attached hydrogen (secondary N) is 1. The third-order valence-electron chi connectivity index (χ3n) is 6.88. The van der Waals surface area contributed by atoms with Gasteiger partial charge in [-0.1, -0.05) is 27.7 Å². The van der Waals surface area contributed by atoms with E-state index < -0.39 is 66.3 Å². The van der Waals surface area contributed by atoms with Gasteiger partial charge in [0.1, 0.15) is 36.2 Å². The number of esters is 3. The molecule has 0 unspecified atom stereocenters. The molecule has 2 aliphatic rings. The van der Waals surface area contributed by atoms with Crippen LogP contribution in [0.3, 0.4) is 0 Å². The Morgan fingerprint density at radius 3 is 2.43 bits per heavy atom. The number of nitriles is 1. The van der Waals surface area contributed by atoms with E-state index in [2.05, 4.69) is 21.5 Å². The lowest BCUT2D eigenvalue weighted by Crippen LogP contribution is -2.51. The third kappa shape index (κ3) is 6.46. The first-order valence-corrected chi connectivity index (χ1v) is 13.6. The third-order valence-corrected chi connectivity index (χ3v) is 6.88. The second-order valence-corrected chi connectivity index (χ2v) is 10.8. The van der Waals surface area contributed by atoms with Crippen LogP contribution in [0.1, 0.15) is 46.4 Å². The van der Waals surface area contributed by atoms with Crippen LogP contribution in [0.4, 0.5) is 5.82 Å². The second-order valence-electron chi connectivity index (χ2n) is 10.8. The normalized spacial score (nSPS) is 24.8. The fraction of sp³-hybridized carbons (Fsp3) is 0.630. The number of carbonyl (C=O) groups excluding carboxylic acids is 3. The molecule has 0 saturated carbocycles. The zero-order chi connectivity index (χ0) is 30.6. The molecule has 2 saturated heterocycles. The molecule has 2 fully saturated rings. The Morgan fingerprint density at radius 2 is 1.81 bits per heavy atom. The summed E-state index contributed by atoms with van der Waals surface area (Å²) >= 11 is 0. The van der Waals surface area contributed by atoms with Gasteiger partial charge in [-0.05, 0) is 19.1 Å². The Morgan fingerprint density at radius 1 is 1.12 bits per heavy atom. The van der Waals surface area contributed by atoms with Gasteiger partial charge in [-0.3, -0.25) is 19.7 Å². The van der Waals surface area contributed by atoms with Crippen molar-refractivity contribution in [2.75, 3.05) is 32.3 Å². The summed E-state index contributed by atoms with van der Waals surface area (Å²) in [5, 5.41) is 17.6. The van der Waals surface area contributed by atoms with Crippen LogP contribution in [0.5, 0.6) is 0 Å². The number of ether oxygens (including phenoxy) is 6. The molecule has 4 heterocycles. The highest BCUT2D eigenvalue weighted by Gasteiger charge is 2.61. The van der Waals surface area contributed by atoms with Gasteiger partial charge < -0.3 is 34.2 Å². The number of aromatic nitrogens is 3. The van der Waals surface area contributed by atoms with Gasteiger partial charge in [0.2, 0.25) is 5.60 Å². The highest BCUT2D eigenvalue weighted by atomic mass is 16.7. The molecule has 15 heteroatoms. The van der Waals surface area contributed by atoms with E-state index in [9.17, 15) is 19.6 Å². The highest BCUT2D eigenvalue weighted by Crippen LogP contribution is 2.44. The molecule has 0 aromatic carbocycles. The second kappa shape index (κ2) is 13.0. The number of nitrogens with zero attached hydrogens (tertiary/aromatic N) is 4. The van der Waals surface area contributed by atoms with Gasteiger partial charge in [0.05, 0.1) is 44.1 Å². The summed E-state index contributed by atoms with van der Waals surface area (Å²) in [4.78, 5) is 41.9. The van der Waals surface area contributed by atoms with Gasteiger partial charge in [-0.25, -0.2) is 9.50 Å². The molecule has 2 aliphatic heterocycles. The number of fused-ring (bicyclic) bond motifs is 1. The van der Waals surface area contributed by atoms with Gasteiger partial charge in [-0.15, -0.1) is 0 Å². The van der Waals surface area contributed by atoms with Gasteiger partial charge in [0.15, 0.2) is 18.0 Å². The van der Waals surface area contributed by atoms with Crippen LogP contribution in [0.15, 0.2) is 18.5 Å². The summed E-state index contributed by atoms with van der Waals surface area (Å²) in [6.45, 7) is 8.31. The Kier molecular flexibility index (Phi) is 9.62. The number of hydrogen-bond donors (Lipinski definition) is 2. The zero-order valence-corrected chi connectivity index (χ0v) is 24.1. The predicted molar refractivity (Wildman–Crippen MR) is 143 cm³/mol. The molecule has 3 N–H and O–H groups in total. The Bertz CT molecular complexity index is 1340. The molecule has 0 spiro atoms. The van der Waals surface area contributed by atoms with E-state index in [4.69, 9.17) is 34.2 Å². The van der Waals surface area contributed by atoms with E-state index in [1.807, 2.05) is 0 Å². The summed E-state index contributed by atoms with van der Waals surface area (Å²) in [5.74, 6) is -2.58. The van der Waals surface area contributed by atoms with Crippen molar-refractivity contribution in [1.82, 2.24) is 19.9 Å². The molecule has 2 aromatic heterocycles. The van der Waals surface area contributed by atoms with Crippen LogP contribution in [0.2, 0.25) is 0 Å². The predicted octanol–water partition coefficient (Wildman–Crippen LogP) is 0.675. The average Bonchev–Trinajstić information content (AvgIpc) is 3.49. The van der Waals surface area contributed by atoms with Crippen molar-refractivity contribution in [3.05, 3.63) is 24.2 Å². The standard InChI is InChI=1S/C27H36N6O9/c1-14(2)24(34)40-21-20(18-6-7-19-23(29)30-12-32-33(18)19)42-27(10-28,22(21)41-25(35)15(3)4)11-38-13-31-16(5)26(36)39-17-8-37-9-17/h6-7,12,14-17,20-22,31H,8-9,11,13H2,1-5H3,(H2,29,30,32)/t16-,20-,21-,22-,27+/m0/s1. The van der Waals surface area contributed by atoms with Crippen LogP contribution < -0.4 is 11.1 Å². The van der Waals surface area contributed by atoms with Crippen LogP contribution >= 0.6 is 0 Å². The van der Waals surface area contributed by atoms with Gasteiger partial charge in [0.25, 0.3) is 0 Å². The molecular formula is C27H36N6O9. The molecular weight excluding hydrogens is 552 g/mol. The molecule has 228 valence electrons. The molecule has 5 atom stereocenters. The van der Waals surface area contributed by atoms with E-state index in [1.54, 1.807) is 46.8 Å². The van der Waals surface area contributed by atoms with Crippen LogP contribution in [-0.4, -0.2) is 89.0 Å². The van der Waals surface area contributed by atoms with Gasteiger partial charge in [-0.2, -0.15) is 10.4 Å². The van der Waals surface area contributed by atoms with Crippen molar-refractivity contribution in [2.24, 2.45) is 11.8 Å². The number of rotatable bonds is 12. The largest absolute Gasteiger partial charge is 0.456 e. The van der Waals surface area contributed by atoms with Crippen molar-refractivity contribution in [3.8, 4) is 6.07 Å². The topological polar surface area (TPSA) is 199 Å². The molecule has 2 aromatic rings. The van der Waals surface area contributed by atoms with Crippen molar-refractivity contribution in [1.29, 1.82) is 5.26 Å². The molecule has 0 radical (unpaired) electrons. The van der Waals surface area contributed by atoms with Crippen molar-refractivity contribution < 1.29 is 42.8 Å². The van der Waals surface area contributed by atoms with Crippen LogP contribution in [0, 0.1) is 23.2 Å². The maximum Gasteiger partial charge on any atom is 0.323 e. The fourth-order valence-electron chi connectivity index (χ4n) is 4.28. The minimum Gasteiger partial charge on any atom is -0.456 e. The molecule has 15 nitrogen and oxygen atoms in total. The zero-order valence-electron chi connectivity index (χ0n) is 24.1. The monoisotopic (exact) mass is 588 g/mol. The first kappa shape index (κ1) is 31.1.